The number of thiophene rings is 1. The van der Waals surface area contributed by atoms with Gasteiger partial charge >= 0.3 is 0 Å². The van der Waals surface area contributed by atoms with Gasteiger partial charge in [0.25, 0.3) is 11.8 Å². The lowest BCUT2D eigenvalue weighted by atomic mass is 10.1. The largest absolute Gasteiger partial charge is 0.483 e. The van der Waals surface area contributed by atoms with Crippen LogP contribution in [0.15, 0.2) is 66.7 Å². The third-order valence-electron chi connectivity index (χ3n) is 3.78. The maximum Gasteiger partial charge on any atom is 0.279 e. The van der Waals surface area contributed by atoms with Crippen molar-refractivity contribution in [1.82, 2.24) is 10.9 Å². The molecule has 1 heterocycles. The number of rotatable bonds is 6. The molecular weight excluding hydrogens is 390 g/mol. The van der Waals surface area contributed by atoms with Gasteiger partial charge in [0.1, 0.15) is 5.75 Å². The van der Waals surface area contributed by atoms with E-state index >= 15 is 0 Å². The summed E-state index contributed by atoms with van der Waals surface area (Å²) >= 11 is 1.10. The minimum atomic E-state index is -0.500. The van der Waals surface area contributed by atoms with E-state index in [9.17, 15) is 14.4 Å². The molecule has 0 spiro atoms. The highest BCUT2D eigenvalue weighted by Crippen LogP contribution is 2.29. The van der Waals surface area contributed by atoms with Crippen LogP contribution in [0, 0.1) is 0 Å². The summed E-state index contributed by atoms with van der Waals surface area (Å²) in [6.07, 6.45) is 0. The van der Waals surface area contributed by atoms with E-state index in [4.69, 9.17) is 4.74 Å². The molecule has 0 saturated heterocycles. The first kappa shape index (κ1) is 20.1. The molecule has 0 atom stereocenters. The number of hydrogen-bond donors (Lipinski definition) is 3. The van der Waals surface area contributed by atoms with Crippen LogP contribution in [0.5, 0.6) is 5.75 Å². The third-order valence-corrected chi connectivity index (χ3v) is 4.77. The van der Waals surface area contributed by atoms with Gasteiger partial charge in [-0.3, -0.25) is 25.2 Å². The maximum atomic E-state index is 12.1. The molecule has 3 aromatic rings. The molecule has 0 fully saturated rings. The monoisotopic (exact) mass is 409 g/mol. The Morgan fingerprint density at radius 1 is 0.897 bits per heavy atom. The van der Waals surface area contributed by atoms with E-state index in [-0.39, 0.29) is 12.5 Å². The first-order valence-electron chi connectivity index (χ1n) is 8.77. The number of amides is 3. The standard InChI is InChI=1S/C21H19N3O4S/c1-14(25)22-20-12-11-18(29-20)21(27)24-23-19(26)13-28-17-10-6-5-9-16(17)15-7-3-2-4-8-15/h2-12H,13H2,1H3,(H,22,25)(H,23,26)(H,24,27). The molecule has 29 heavy (non-hydrogen) atoms. The van der Waals surface area contributed by atoms with Crippen LogP contribution in [0.1, 0.15) is 16.6 Å². The van der Waals surface area contributed by atoms with E-state index < -0.39 is 11.8 Å². The highest BCUT2D eigenvalue weighted by atomic mass is 32.1. The van der Waals surface area contributed by atoms with Gasteiger partial charge in [-0.05, 0) is 23.8 Å². The van der Waals surface area contributed by atoms with Crippen molar-refractivity contribution < 1.29 is 19.1 Å². The van der Waals surface area contributed by atoms with Gasteiger partial charge < -0.3 is 10.1 Å². The Kier molecular flexibility index (Phi) is 6.59. The Hall–Kier alpha value is -3.65. The Morgan fingerprint density at radius 2 is 1.62 bits per heavy atom. The number of hydrogen-bond acceptors (Lipinski definition) is 5. The smallest absolute Gasteiger partial charge is 0.279 e. The van der Waals surface area contributed by atoms with E-state index in [0.29, 0.717) is 15.6 Å². The average Bonchev–Trinajstić information content (AvgIpc) is 3.19. The number of carbonyl (C=O) groups is 3. The molecule has 2 aromatic carbocycles. The fourth-order valence-corrected chi connectivity index (χ4v) is 3.36. The third kappa shape index (κ3) is 5.66. The maximum absolute atomic E-state index is 12.1. The summed E-state index contributed by atoms with van der Waals surface area (Å²) in [6, 6.07) is 20.3. The van der Waals surface area contributed by atoms with Crippen molar-refractivity contribution in [2.75, 3.05) is 11.9 Å². The number of hydrazine groups is 1. The molecule has 0 unspecified atom stereocenters. The average molecular weight is 409 g/mol. The zero-order valence-corrected chi connectivity index (χ0v) is 16.4. The minimum absolute atomic E-state index is 0.222. The van der Waals surface area contributed by atoms with Crippen molar-refractivity contribution in [3.8, 4) is 16.9 Å². The van der Waals surface area contributed by atoms with E-state index in [1.54, 1.807) is 18.2 Å². The SMILES string of the molecule is CC(=O)Nc1ccc(C(=O)NNC(=O)COc2ccccc2-c2ccccc2)s1. The van der Waals surface area contributed by atoms with E-state index in [2.05, 4.69) is 16.2 Å². The predicted octanol–water partition coefficient (Wildman–Crippen LogP) is 3.21. The van der Waals surface area contributed by atoms with Crippen LogP contribution in [0.25, 0.3) is 11.1 Å². The Morgan fingerprint density at radius 3 is 2.38 bits per heavy atom. The van der Waals surface area contributed by atoms with Gasteiger partial charge in [-0.1, -0.05) is 48.5 Å². The fraction of sp³-hybridized carbons (Fsp3) is 0.0952. The van der Waals surface area contributed by atoms with Crippen molar-refractivity contribution in [3.05, 3.63) is 71.6 Å². The molecule has 0 saturated carbocycles. The van der Waals surface area contributed by atoms with Crippen LogP contribution in [-0.2, 0) is 9.59 Å². The zero-order chi connectivity index (χ0) is 20.6. The fourth-order valence-electron chi connectivity index (χ4n) is 2.52. The lowest BCUT2D eigenvalue weighted by Gasteiger charge is -2.12. The van der Waals surface area contributed by atoms with Crippen molar-refractivity contribution in [3.63, 3.8) is 0 Å². The van der Waals surface area contributed by atoms with Crippen LogP contribution in [0.3, 0.4) is 0 Å². The molecule has 8 heteroatoms. The van der Waals surface area contributed by atoms with Crippen LogP contribution < -0.4 is 20.9 Å². The molecule has 1 aromatic heterocycles. The molecule has 3 amide bonds. The van der Waals surface area contributed by atoms with Crippen LogP contribution >= 0.6 is 11.3 Å². The van der Waals surface area contributed by atoms with Crippen molar-refractivity contribution in [2.24, 2.45) is 0 Å². The second kappa shape index (κ2) is 9.52. The second-order valence-electron chi connectivity index (χ2n) is 6.00. The molecule has 148 valence electrons. The lowest BCUT2D eigenvalue weighted by molar-refractivity contribution is -0.123. The lowest BCUT2D eigenvalue weighted by Crippen LogP contribution is -2.43. The minimum Gasteiger partial charge on any atom is -0.483 e. The highest BCUT2D eigenvalue weighted by molar-refractivity contribution is 7.18. The highest BCUT2D eigenvalue weighted by Gasteiger charge is 2.12. The van der Waals surface area contributed by atoms with E-state index in [1.165, 1.54) is 6.92 Å². The summed E-state index contributed by atoms with van der Waals surface area (Å²) in [5.41, 5.74) is 6.49. The van der Waals surface area contributed by atoms with Crippen LogP contribution in [0.4, 0.5) is 5.00 Å². The number of para-hydroxylation sites is 1. The predicted molar refractivity (Wildman–Crippen MR) is 112 cm³/mol. The van der Waals surface area contributed by atoms with Crippen molar-refractivity contribution in [2.45, 2.75) is 6.92 Å². The Labute approximate surface area is 171 Å². The summed E-state index contributed by atoms with van der Waals surface area (Å²) < 4.78 is 5.63. The van der Waals surface area contributed by atoms with Gasteiger partial charge in [0, 0.05) is 12.5 Å². The normalized spacial score (nSPS) is 10.1. The van der Waals surface area contributed by atoms with Crippen LogP contribution in [0.2, 0.25) is 0 Å². The van der Waals surface area contributed by atoms with Gasteiger partial charge in [0.15, 0.2) is 6.61 Å². The van der Waals surface area contributed by atoms with Gasteiger partial charge in [-0.2, -0.15) is 0 Å². The van der Waals surface area contributed by atoms with E-state index in [1.807, 2.05) is 48.5 Å². The summed E-state index contributed by atoms with van der Waals surface area (Å²) in [7, 11) is 0. The number of ether oxygens (including phenoxy) is 1. The van der Waals surface area contributed by atoms with Crippen LogP contribution in [-0.4, -0.2) is 24.3 Å². The first-order chi connectivity index (χ1) is 14.0. The molecule has 0 aliphatic rings. The first-order valence-corrected chi connectivity index (χ1v) is 9.58. The molecule has 0 aliphatic heterocycles. The molecule has 0 bridgehead atoms. The molecule has 7 nitrogen and oxygen atoms in total. The zero-order valence-electron chi connectivity index (χ0n) is 15.6. The summed E-state index contributed by atoms with van der Waals surface area (Å²) in [5, 5.41) is 3.15. The molecule has 3 rings (SSSR count). The van der Waals surface area contributed by atoms with Crippen molar-refractivity contribution >= 4 is 34.1 Å². The molecule has 0 radical (unpaired) electrons. The van der Waals surface area contributed by atoms with Gasteiger partial charge in [-0.15, -0.1) is 11.3 Å². The quantitative estimate of drug-likeness (QED) is 0.545. The number of benzene rings is 2. The summed E-state index contributed by atoms with van der Waals surface area (Å²) in [5.74, 6) is -0.636. The second-order valence-corrected chi connectivity index (χ2v) is 7.08. The number of anilines is 1. The van der Waals surface area contributed by atoms with Gasteiger partial charge in [-0.25, -0.2) is 0 Å². The van der Waals surface area contributed by atoms with Gasteiger partial charge in [0.05, 0.1) is 9.88 Å². The Balaban J connectivity index is 1.53. The number of nitrogens with one attached hydrogen (secondary N) is 3. The van der Waals surface area contributed by atoms with E-state index in [0.717, 1.165) is 22.5 Å². The molecule has 3 N–H and O–H groups in total. The summed E-state index contributed by atoms with van der Waals surface area (Å²) in [6.45, 7) is 1.13. The summed E-state index contributed by atoms with van der Waals surface area (Å²) in [4.78, 5) is 35.5. The van der Waals surface area contributed by atoms with Crippen molar-refractivity contribution in [1.29, 1.82) is 0 Å². The Bertz CT molecular complexity index is 1020. The van der Waals surface area contributed by atoms with Gasteiger partial charge in [0.2, 0.25) is 5.91 Å². The molecule has 0 aliphatic carbocycles. The topological polar surface area (TPSA) is 96.5 Å². The molecular formula is C21H19N3O4S. The number of carbonyl (C=O) groups excluding carboxylic acids is 3.